The summed E-state index contributed by atoms with van der Waals surface area (Å²) in [5.74, 6) is -3.26. The van der Waals surface area contributed by atoms with Crippen LogP contribution in [-0.2, 0) is 21.5 Å². The first-order valence-corrected chi connectivity index (χ1v) is 17.4. The van der Waals surface area contributed by atoms with Crippen LogP contribution in [0, 0.1) is 28.4 Å². The zero-order valence-corrected chi connectivity index (χ0v) is 30.8. The quantitative estimate of drug-likeness (QED) is 0.131. The summed E-state index contributed by atoms with van der Waals surface area (Å²) in [6.07, 6.45) is 1.05. The molecule has 1 aliphatic rings. The van der Waals surface area contributed by atoms with Crippen LogP contribution in [0.25, 0.3) is 0 Å². The molecule has 51 heavy (non-hydrogen) atoms. The van der Waals surface area contributed by atoms with Crippen molar-refractivity contribution in [2.75, 3.05) is 31.7 Å². The number of aliphatic hydroxyl groups excluding tert-OH is 3. The number of nitriles is 1. The Kier molecular flexibility index (Phi) is 13.2. The monoisotopic (exact) mass is 750 g/mol. The molecule has 4 rings (SSSR count). The van der Waals surface area contributed by atoms with E-state index in [9.17, 15) is 25.4 Å². The lowest BCUT2D eigenvalue weighted by atomic mass is 9.62. The molecule has 278 valence electrons. The van der Waals surface area contributed by atoms with Crippen LogP contribution in [0.1, 0.15) is 58.1 Å². The Morgan fingerprint density at radius 1 is 1.16 bits per heavy atom. The number of amides is 1. The highest BCUT2D eigenvalue weighted by molar-refractivity contribution is 6.31. The molecular weight excluding hydrogens is 705 g/mol. The number of nitrogens with one attached hydrogen (secondary N) is 3. The number of ether oxygens (including phenoxy) is 1. The van der Waals surface area contributed by atoms with E-state index in [1.165, 1.54) is 30.3 Å². The normalized spacial score (nSPS) is 21.5. The predicted octanol–water partition coefficient (Wildman–Crippen LogP) is 4.53. The maximum absolute atomic E-state index is 15.9. The summed E-state index contributed by atoms with van der Waals surface area (Å²) < 4.78 is 39.3. The Bertz CT molecular complexity index is 1710. The molecule has 5 atom stereocenters. The van der Waals surface area contributed by atoms with Crippen LogP contribution in [0.4, 0.5) is 14.6 Å². The van der Waals surface area contributed by atoms with E-state index in [4.69, 9.17) is 27.9 Å². The SMILES string of the molecule is CC(C)(C)C[C@@H]1N[C@@H](C(=O)Nc2ccn(CC(C)(C)OC[C@H](O)CNC(CO)CO)n2)[C@H](c2cccc(Cl)c2F)[C@@]1(C#N)c1ccc(Cl)cc1F. The van der Waals surface area contributed by atoms with Gasteiger partial charge in [-0.15, -0.1) is 0 Å². The Balaban J connectivity index is 1.63. The Morgan fingerprint density at radius 2 is 1.86 bits per heavy atom. The van der Waals surface area contributed by atoms with Gasteiger partial charge in [0.15, 0.2) is 5.82 Å². The molecule has 1 amide bonds. The minimum absolute atomic E-state index is 0.0208. The van der Waals surface area contributed by atoms with Crippen molar-refractivity contribution >= 4 is 34.9 Å². The highest BCUT2D eigenvalue weighted by Crippen LogP contribution is 2.52. The topological polar surface area (TPSA) is 165 Å². The molecule has 0 spiro atoms. The summed E-state index contributed by atoms with van der Waals surface area (Å²) in [6.45, 7) is 9.22. The van der Waals surface area contributed by atoms with Gasteiger partial charge in [0.25, 0.3) is 0 Å². The van der Waals surface area contributed by atoms with Gasteiger partial charge in [-0.05, 0) is 49.4 Å². The van der Waals surface area contributed by atoms with E-state index in [1.807, 2.05) is 20.8 Å². The number of hydrogen-bond donors (Lipinski definition) is 6. The summed E-state index contributed by atoms with van der Waals surface area (Å²) >= 11 is 12.3. The highest BCUT2D eigenvalue weighted by atomic mass is 35.5. The van der Waals surface area contributed by atoms with Gasteiger partial charge in [0.1, 0.15) is 17.0 Å². The van der Waals surface area contributed by atoms with Gasteiger partial charge in [0.2, 0.25) is 5.91 Å². The number of nitrogens with zero attached hydrogens (tertiary/aromatic N) is 3. The largest absolute Gasteiger partial charge is 0.395 e. The van der Waals surface area contributed by atoms with E-state index in [-0.39, 0.29) is 59.9 Å². The first kappa shape index (κ1) is 40.6. The average Bonchev–Trinajstić information content (AvgIpc) is 3.62. The van der Waals surface area contributed by atoms with Gasteiger partial charge in [0.05, 0.1) is 61.2 Å². The molecule has 0 saturated carbocycles. The van der Waals surface area contributed by atoms with Crippen LogP contribution in [-0.4, -0.2) is 87.2 Å². The van der Waals surface area contributed by atoms with Crippen LogP contribution in [0.15, 0.2) is 48.7 Å². The fourth-order valence-electron chi connectivity index (χ4n) is 6.58. The van der Waals surface area contributed by atoms with E-state index >= 15 is 8.78 Å². The summed E-state index contributed by atoms with van der Waals surface area (Å²) in [4.78, 5) is 14.2. The van der Waals surface area contributed by atoms with Gasteiger partial charge in [0, 0.05) is 41.4 Å². The van der Waals surface area contributed by atoms with Crippen LogP contribution in [0.5, 0.6) is 0 Å². The molecule has 1 fully saturated rings. The van der Waals surface area contributed by atoms with E-state index in [0.717, 1.165) is 6.07 Å². The lowest BCUT2D eigenvalue weighted by Crippen LogP contribution is -2.45. The van der Waals surface area contributed by atoms with Crippen molar-refractivity contribution in [3.63, 3.8) is 0 Å². The molecule has 1 aromatic heterocycles. The molecule has 0 bridgehead atoms. The smallest absolute Gasteiger partial charge is 0.243 e. The number of aliphatic hydroxyl groups is 3. The Labute approximate surface area is 306 Å². The first-order chi connectivity index (χ1) is 23.9. The predicted molar refractivity (Wildman–Crippen MR) is 190 cm³/mol. The van der Waals surface area contributed by atoms with Gasteiger partial charge in [-0.2, -0.15) is 10.4 Å². The van der Waals surface area contributed by atoms with E-state index < -0.39 is 64.1 Å². The maximum Gasteiger partial charge on any atom is 0.243 e. The number of rotatable bonds is 15. The van der Waals surface area contributed by atoms with Crippen molar-refractivity contribution in [1.82, 2.24) is 20.4 Å². The number of carbonyl (C=O) groups is 1. The van der Waals surface area contributed by atoms with E-state index in [1.54, 1.807) is 30.8 Å². The third kappa shape index (κ3) is 9.63. The number of hydrogen-bond acceptors (Lipinski definition) is 9. The van der Waals surface area contributed by atoms with Crippen molar-refractivity contribution < 1.29 is 33.6 Å². The number of anilines is 1. The fraction of sp³-hybridized carbons (Fsp3) is 0.528. The van der Waals surface area contributed by atoms with Gasteiger partial charge >= 0.3 is 0 Å². The molecule has 0 radical (unpaired) electrons. The molecule has 2 heterocycles. The molecular formula is C36H46Cl2F2N6O5. The van der Waals surface area contributed by atoms with Crippen molar-refractivity contribution in [3.8, 4) is 6.07 Å². The van der Waals surface area contributed by atoms with Crippen LogP contribution < -0.4 is 16.0 Å². The number of aromatic nitrogens is 2. The second kappa shape index (κ2) is 16.7. The zero-order valence-electron chi connectivity index (χ0n) is 29.3. The summed E-state index contributed by atoms with van der Waals surface area (Å²) in [7, 11) is 0. The number of halogens is 4. The third-order valence-electron chi connectivity index (χ3n) is 8.92. The molecule has 3 aromatic rings. The molecule has 6 N–H and O–H groups in total. The number of carbonyl (C=O) groups excluding carboxylic acids is 1. The van der Waals surface area contributed by atoms with E-state index in [0.29, 0.717) is 6.42 Å². The van der Waals surface area contributed by atoms with E-state index in [2.05, 4.69) is 27.1 Å². The van der Waals surface area contributed by atoms with Crippen molar-refractivity contribution in [2.45, 2.75) is 88.7 Å². The first-order valence-electron chi connectivity index (χ1n) is 16.6. The zero-order chi connectivity index (χ0) is 37.7. The molecule has 1 aliphatic heterocycles. The summed E-state index contributed by atoms with van der Waals surface area (Å²) in [5.41, 5.74) is -3.02. The third-order valence-corrected chi connectivity index (χ3v) is 9.44. The van der Waals surface area contributed by atoms with Crippen molar-refractivity contribution in [3.05, 3.63) is 81.5 Å². The standard InChI is InChI=1S/C36H46Cl2F2N6O5/c1-34(2,3)14-28-36(19-41,25-10-9-21(37)13-27(25)39)30(24-7-6-8-26(38)31(24)40)32(43-28)33(50)44-29-11-12-46(45-29)20-35(4,5)51-18-23(49)15-42-22(16-47)17-48/h6-13,22-23,28,30,32,42-43,47-49H,14-18,20H2,1-5H3,(H,44,45,50)/t23-,28+,30+,32-,36+/m1/s1. The highest BCUT2D eigenvalue weighted by Gasteiger charge is 2.61. The Hall–Kier alpha value is -3.19. The van der Waals surface area contributed by atoms with Crippen LogP contribution >= 0.6 is 23.2 Å². The van der Waals surface area contributed by atoms with Crippen LogP contribution in [0.3, 0.4) is 0 Å². The van der Waals surface area contributed by atoms with Crippen molar-refractivity contribution in [2.24, 2.45) is 5.41 Å². The molecule has 0 unspecified atom stereocenters. The van der Waals surface area contributed by atoms with Gasteiger partial charge < -0.3 is 36.0 Å². The van der Waals surface area contributed by atoms with Crippen LogP contribution in [0.2, 0.25) is 10.0 Å². The lowest BCUT2D eigenvalue weighted by molar-refractivity contribution is -0.118. The molecule has 2 aromatic carbocycles. The molecule has 15 heteroatoms. The summed E-state index contributed by atoms with van der Waals surface area (Å²) in [5, 5.41) is 53.0. The average molecular weight is 752 g/mol. The number of benzene rings is 2. The minimum atomic E-state index is -1.77. The van der Waals surface area contributed by atoms with Crippen molar-refractivity contribution in [1.29, 1.82) is 5.26 Å². The lowest BCUT2D eigenvalue weighted by Gasteiger charge is -2.37. The Morgan fingerprint density at radius 3 is 2.49 bits per heavy atom. The second-order valence-electron chi connectivity index (χ2n) is 14.8. The molecule has 1 saturated heterocycles. The fourth-order valence-corrected chi connectivity index (χ4v) is 6.92. The maximum atomic E-state index is 15.9. The van der Waals surface area contributed by atoms with Gasteiger partial charge in [-0.25, -0.2) is 8.78 Å². The van der Waals surface area contributed by atoms with Gasteiger partial charge in [-0.1, -0.05) is 62.2 Å². The molecule has 11 nitrogen and oxygen atoms in total. The second-order valence-corrected chi connectivity index (χ2v) is 15.6. The molecule has 0 aliphatic carbocycles. The minimum Gasteiger partial charge on any atom is -0.395 e. The summed E-state index contributed by atoms with van der Waals surface area (Å²) in [6, 6.07) is 9.63. The van der Waals surface area contributed by atoms with Gasteiger partial charge in [-0.3, -0.25) is 9.48 Å².